The second-order valence-electron chi connectivity index (χ2n) is 7.86. The number of nitrogens with one attached hydrogen (secondary N) is 1. The van der Waals surface area contributed by atoms with Crippen LogP contribution in [0.1, 0.15) is 33.7 Å². The van der Waals surface area contributed by atoms with Crippen LogP contribution in [-0.4, -0.2) is 57.7 Å². The number of carbonyl (C=O) groups excluding carboxylic acids is 2. The van der Waals surface area contributed by atoms with Crippen LogP contribution in [0.2, 0.25) is 0 Å². The summed E-state index contributed by atoms with van der Waals surface area (Å²) >= 11 is 1.52. The highest BCUT2D eigenvalue weighted by Gasteiger charge is 2.23. The van der Waals surface area contributed by atoms with Gasteiger partial charge in [-0.1, -0.05) is 12.1 Å². The number of amides is 3. The van der Waals surface area contributed by atoms with E-state index in [4.69, 9.17) is 0 Å². The molecule has 31 heavy (non-hydrogen) atoms. The van der Waals surface area contributed by atoms with Gasteiger partial charge in [0.25, 0.3) is 5.91 Å². The van der Waals surface area contributed by atoms with Gasteiger partial charge in [0.2, 0.25) is 0 Å². The number of aryl methyl sites for hydroxylation is 2. The summed E-state index contributed by atoms with van der Waals surface area (Å²) in [4.78, 5) is 29.1. The normalized spacial score (nSPS) is 14.4. The first kappa shape index (κ1) is 21.1. The summed E-state index contributed by atoms with van der Waals surface area (Å²) in [6.45, 7) is 7.04. The van der Waals surface area contributed by atoms with E-state index >= 15 is 0 Å². The van der Waals surface area contributed by atoms with E-state index in [0.717, 1.165) is 34.6 Å². The van der Waals surface area contributed by atoms with Crippen molar-refractivity contribution in [2.45, 2.75) is 26.8 Å². The lowest BCUT2D eigenvalue weighted by Crippen LogP contribution is -2.39. The summed E-state index contributed by atoms with van der Waals surface area (Å²) in [5.74, 6) is 0.0420. The Morgan fingerprint density at radius 2 is 1.87 bits per heavy atom. The van der Waals surface area contributed by atoms with Crippen molar-refractivity contribution in [2.24, 2.45) is 0 Å². The molecule has 162 valence electrons. The fourth-order valence-electron chi connectivity index (χ4n) is 3.85. The van der Waals surface area contributed by atoms with Gasteiger partial charge < -0.3 is 15.1 Å². The molecule has 1 aliphatic heterocycles. The lowest BCUT2D eigenvalue weighted by Gasteiger charge is -2.22. The van der Waals surface area contributed by atoms with Crippen molar-refractivity contribution in [3.63, 3.8) is 0 Å². The average molecular weight is 438 g/mol. The Kier molecular flexibility index (Phi) is 6.36. The van der Waals surface area contributed by atoms with Gasteiger partial charge in [0.05, 0.1) is 17.8 Å². The summed E-state index contributed by atoms with van der Waals surface area (Å²) in [6.07, 6.45) is 0.765. The third-order valence-electron chi connectivity index (χ3n) is 5.45. The molecule has 0 saturated carbocycles. The first-order chi connectivity index (χ1) is 15.0. The van der Waals surface area contributed by atoms with Crippen molar-refractivity contribution >= 4 is 29.0 Å². The van der Waals surface area contributed by atoms with E-state index in [1.807, 2.05) is 64.5 Å². The van der Waals surface area contributed by atoms with Crippen molar-refractivity contribution in [1.82, 2.24) is 19.6 Å². The van der Waals surface area contributed by atoms with Crippen LogP contribution in [0.5, 0.6) is 0 Å². The highest BCUT2D eigenvalue weighted by atomic mass is 32.1. The second kappa shape index (κ2) is 9.34. The SMILES string of the molecule is Cc1cc(C)n(Cc2cccc(NC(=O)N3CCCN(C(=O)c4ccsc4)CC3)c2)n1. The van der Waals surface area contributed by atoms with Crippen LogP contribution >= 0.6 is 11.3 Å². The average Bonchev–Trinajstić information content (AvgIpc) is 3.30. The zero-order valence-electron chi connectivity index (χ0n) is 17.9. The fourth-order valence-corrected chi connectivity index (χ4v) is 4.48. The molecule has 1 fully saturated rings. The van der Waals surface area contributed by atoms with Crippen LogP contribution in [0.15, 0.2) is 47.2 Å². The molecule has 0 radical (unpaired) electrons. The lowest BCUT2D eigenvalue weighted by molar-refractivity contribution is 0.0763. The maximum atomic E-state index is 12.8. The molecule has 8 heteroatoms. The number of rotatable bonds is 4. The predicted octanol–water partition coefficient (Wildman–Crippen LogP) is 3.99. The zero-order valence-corrected chi connectivity index (χ0v) is 18.7. The Bertz CT molecular complexity index is 1060. The van der Waals surface area contributed by atoms with E-state index in [0.29, 0.717) is 32.7 Å². The van der Waals surface area contributed by atoms with Crippen molar-refractivity contribution in [3.05, 3.63) is 69.7 Å². The van der Waals surface area contributed by atoms with E-state index in [1.54, 1.807) is 4.90 Å². The molecule has 3 amide bonds. The number of aromatic nitrogens is 2. The topological polar surface area (TPSA) is 70.5 Å². The fraction of sp³-hybridized carbons (Fsp3) is 0.348. The Balaban J connectivity index is 1.36. The largest absolute Gasteiger partial charge is 0.337 e. The molecular weight excluding hydrogens is 410 g/mol. The molecule has 3 aromatic rings. The molecule has 1 N–H and O–H groups in total. The van der Waals surface area contributed by atoms with Crippen LogP contribution in [0.4, 0.5) is 10.5 Å². The summed E-state index contributed by atoms with van der Waals surface area (Å²) in [7, 11) is 0. The van der Waals surface area contributed by atoms with E-state index in [-0.39, 0.29) is 11.9 Å². The first-order valence-electron chi connectivity index (χ1n) is 10.5. The molecular formula is C23H27N5O2S. The maximum absolute atomic E-state index is 12.8. The van der Waals surface area contributed by atoms with Gasteiger partial charge in [-0.2, -0.15) is 16.4 Å². The van der Waals surface area contributed by atoms with Crippen LogP contribution in [0, 0.1) is 13.8 Å². The molecule has 0 unspecified atom stereocenters. The number of hydrogen-bond donors (Lipinski definition) is 1. The number of thiophene rings is 1. The molecule has 0 aliphatic carbocycles. The molecule has 1 aromatic carbocycles. The van der Waals surface area contributed by atoms with Gasteiger partial charge in [-0.05, 0) is 55.5 Å². The maximum Gasteiger partial charge on any atom is 0.321 e. The Labute approximate surface area is 186 Å². The van der Waals surface area contributed by atoms with E-state index in [9.17, 15) is 9.59 Å². The Hall–Kier alpha value is -3.13. The number of urea groups is 1. The van der Waals surface area contributed by atoms with Crippen molar-refractivity contribution < 1.29 is 9.59 Å². The standard InChI is InChI=1S/C23H27N5O2S/c1-17-13-18(2)28(25-17)15-19-5-3-6-21(14-19)24-23(30)27-9-4-8-26(10-11-27)22(29)20-7-12-31-16-20/h3,5-7,12-14,16H,4,8-11,15H2,1-2H3,(H,24,30). The van der Waals surface area contributed by atoms with E-state index in [1.165, 1.54) is 11.3 Å². The lowest BCUT2D eigenvalue weighted by atomic mass is 10.2. The van der Waals surface area contributed by atoms with Crippen molar-refractivity contribution in [2.75, 3.05) is 31.5 Å². The molecule has 3 heterocycles. The Morgan fingerprint density at radius 1 is 1.06 bits per heavy atom. The van der Waals surface area contributed by atoms with E-state index < -0.39 is 0 Å². The van der Waals surface area contributed by atoms with Crippen molar-refractivity contribution in [1.29, 1.82) is 0 Å². The van der Waals surface area contributed by atoms with Gasteiger partial charge in [-0.3, -0.25) is 9.48 Å². The second-order valence-corrected chi connectivity index (χ2v) is 8.64. The molecule has 0 bridgehead atoms. The van der Waals surface area contributed by atoms with Crippen molar-refractivity contribution in [3.8, 4) is 0 Å². The first-order valence-corrected chi connectivity index (χ1v) is 11.4. The highest BCUT2D eigenvalue weighted by molar-refractivity contribution is 7.08. The minimum absolute atomic E-state index is 0.0420. The molecule has 7 nitrogen and oxygen atoms in total. The smallest absolute Gasteiger partial charge is 0.321 e. The molecule has 2 aromatic heterocycles. The van der Waals surface area contributed by atoms with Crippen LogP contribution < -0.4 is 5.32 Å². The summed E-state index contributed by atoms with van der Waals surface area (Å²) in [5.41, 5.74) is 4.67. The number of hydrogen-bond acceptors (Lipinski definition) is 4. The van der Waals surface area contributed by atoms with E-state index in [2.05, 4.69) is 16.5 Å². The summed E-state index contributed by atoms with van der Waals surface area (Å²) < 4.78 is 1.96. The Morgan fingerprint density at radius 3 is 2.61 bits per heavy atom. The van der Waals surface area contributed by atoms with Gasteiger partial charge >= 0.3 is 6.03 Å². The highest BCUT2D eigenvalue weighted by Crippen LogP contribution is 2.16. The van der Waals surface area contributed by atoms with Gasteiger partial charge in [0, 0.05) is 42.9 Å². The predicted molar refractivity (Wildman–Crippen MR) is 123 cm³/mol. The molecule has 1 aliphatic rings. The number of benzene rings is 1. The number of nitrogens with zero attached hydrogens (tertiary/aromatic N) is 4. The molecule has 4 rings (SSSR count). The molecule has 1 saturated heterocycles. The van der Waals surface area contributed by atoms with Crippen LogP contribution in [0.25, 0.3) is 0 Å². The zero-order chi connectivity index (χ0) is 21.8. The van der Waals surface area contributed by atoms with Gasteiger partial charge in [0.15, 0.2) is 0 Å². The minimum atomic E-state index is -0.131. The monoisotopic (exact) mass is 437 g/mol. The molecule has 0 spiro atoms. The van der Waals surface area contributed by atoms with Gasteiger partial charge in [-0.15, -0.1) is 0 Å². The number of carbonyl (C=O) groups is 2. The third kappa shape index (κ3) is 5.14. The number of anilines is 1. The quantitative estimate of drug-likeness (QED) is 0.671. The van der Waals surface area contributed by atoms with Gasteiger partial charge in [-0.25, -0.2) is 4.79 Å². The summed E-state index contributed by atoms with van der Waals surface area (Å²) in [5, 5.41) is 11.3. The summed E-state index contributed by atoms with van der Waals surface area (Å²) in [6, 6.07) is 11.6. The van der Waals surface area contributed by atoms with Crippen LogP contribution in [0.3, 0.4) is 0 Å². The minimum Gasteiger partial charge on any atom is -0.337 e. The third-order valence-corrected chi connectivity index (χ3v) is 6.14. The molecule has 0 atom stereocenters. The van der Waals surface area contributed by atoms with Gasteiger partial charge in [0.1, 0.15) is 0 Å². The van der Waals surface area contributed by atoms with Crippen LogP contribution in [-0.2, 0) is 6.54 Å².